The first kappa shape index (κ1) is 25.2. The van der Waals surface area contributed by atoms with Crippen LogP contribution in [0, 0.1) is 0 Å². The highest BCUT2D eigenvalue weighted by Gasteiger charge is 2.32. The van der Waals surface area contributed by atoms with Gasteiger partial charge in [0.05, 0.1) is 22.9 Å². The molecule has 0 radical (unpaired) electrons. The van der Waals surface area contributed by atoms with Crippen molar-refractivity contribution >= 4 is 40.3 Å². The molecular formula is C27H29N3O3S2. The second-order valence-electron chi connectivity index (χ2n) is 7.97. The average Bonchev–Trinajstić information content (AvgIpc) is 3.42. The lowest BCUT2D eigenvalue weighted by molar-refractivity contribution is -0.122. The van der Waals surface area contributed by atoms with Crippen molar-refractivity contribution in [3.8, 4) is 22.7 Å². The minimum absolute atomic E-state index is 0.0711. The fourth-order valence-corrected chi connectivity index (χ4v) is 4.96. The summed E-state index contributed by atoms with van der Waals surface area (Å²) in [6.07, 6.45) is 5.55. The third-order valence-corrected chi connectivity index (χ3v) is 6.78. The molecule has 1 aliphatic rings. The van der Waals surface area contributed by atoms with Gasteiger partial charge in [-0.25, -0.2) is 4.68 Å². The average molecular weight is 508 g/mol. The number of amides is 1. The lowest BCUT2D eigenvalue weighted by Crippen LogP contribution is -2.29. The van der Waals surface area contributed by atoms with Gasteiger partial charge >= 0.3 is 0 Å². The largest absolute Gasteiger partial charge is 0.494 e. The van der Waals surface area contributed by atoms with E-state index in [1.54, 1.807) is 4.90 Å². The van der Waals surface area contributed by atoms with Crippen LogP contribution in [0.25, 0.3) is 23.0 Å². The molecular weight excluding hydrogens is 478 g/mol. The van der Waals surface area contributed by atoms with Crippen molar-refractivity contribution in [3.05, 3.63) is 71.3 Å². The van der Waals surface area contributed by atoms with Crippen molar-refractivity contribution in [1.29, 1.82) is 0 Å². The number of nitrogens with zero attached hydrogens (tertiary/aromatic N) is 3. The van der Waals surface area contributed by atoms with E-state index in [-0.39, 0.29) is 5.91 Å². The van der Waals surface area contributed by atoms with Crippen molar-refractivity contribution < 1.29 is 14.3 Å². The lowest BCUT2D eigenvalue weighted by atomic mass is 10.1. The Morgan fingerprint density at radius 2 is 1.83 bits per heavy atom. The number of carbonyl (C=O) groups is 1. The SMILES string of the molecule is CCCOc1ccc(-c2nn(-c3ccccc3)cc2/C=C2/SC(=S)N(CCCOCC)C2=O)cc1. The molecule has 1 saturated heterocycles. The van der Waals surface area contributed by atoms with Crippen LogP contribution in [0.15, 0.2) is 65.7 Å². The van der Waals surface area contributed by atoms with Crippen LogP contribution in [-0.2, 0) is 9.53 Å². The van der Waals surface area contributed by atoms with Gasteiger partial charge in [-0.15, -0.1) is 0 Å². The smallest absolute Gasteiger partial charge is 0.266 e. The number of carbonyl (C=O) groups excluding carboxylic acids is 1. The Morgan fingerprint density at radius 3 is 2.54 bits per heavy atom. The van der Waals surface area contributed by atoms with Crippen LogP contribution in [0.4, 0.5) is 0 Å². The van der Waals surface area contributed by atoms with Crippen molar-refractivity contribution in [2.45, 2.75) is 26.7 Å². The predicted molar refractivity (Wildman–Crippen MR) is 146 cm³/mol. The summed E-state index contributed by atoms with van der Waals surface area (Å²) in [4.78, 5) is 15.4. The Labute approximate surface area is 215 Å². The first-order chi connectivity index (χ1) is 17.1. The molecule has 182 valence electrons. The number of hydrogen-bond acceptors (Lipinski definition) is 6. The predicted octanol–water partition coefficient (Wildman–Crippen LogP) is 5.96. The number of benzene rings is 2. The monoisotopic (exact) mass is 507 g/mol. The number of aromatic nitrogens is 2. The van der Waals surface area contributed by atoms with E-state index in [0.29, 0.717) is 35.6 Å². The van der Waals surface area contributed by atoms with E-state index in [1.165, 1.54) is 11.8 Å². The van der Waals surface area contributed by atoms with Crippen molar-refractivity contribution in [2.24, 2.45) is 0 Å². The maximum absolute atomic E-state index is 13.1. The fraction of sp³-hybridized carbons (Fsp3) is 0.296. The summed E-state index contributed by atoms with van der Waals surface area (Å²) in [6, 6.07) is 17.8. The summed E-state index contributed by atoms with van der Waals surface area (Å²) in [7, 11) is 0. The molecule has 0 saturated carbocycles. The minimum Gasteiger partial charge on any atom is -0.494 e. The molecule has 1 aliphatic heterocycles. The standard InChI is InChI=1S/C27H29N3O3S2/c1-3-16-33-23-13-11-20(12-14-23)25-21(19-30(28-25)22-9-6-5-7-10-22)18-24-26(31)29(27(34)35-24)15-8-17-32-4-2/h5-7,9-14,18-19H,3-4,8,15-17H2,1-2H3/b24-18+. The molecule has 8 heteroatoms. The topological polar surface area (TPSA) is 56.6 Å². The van der Waals surface area contributed by atoms with Crippen LogP contribution >= 0.6 is 24.0 Å². The number of para-hydroxylation sites is 1. The second-order valence-corrected chi connectivity index (χ2v) is 9.65. The highest BCUT2D eigenvalue weighted by Crippen LogP contribution is 2.35. The number of ether oxygens (including phenoxy) is 2. The molecule has 1 amide bonds. The van der Waals surface area contributed by atoms with Gasteiger partial charge in [-0.05, 0) is 62.2 Å². The highest BCUT2D eigenvalue weighted by atomic mass is 32.2. The van der Waals surface area contributed by atoms with Gasteiger partial charge in [0.2, 0.25) is 0 Å². The molecule has 0 atom stereocenters. The molecule has 1 fully saturated rings. The van der Waals surface area contributed by atoms with Gasteiger partial charge in [0, 0.05) is 37.1 Å². The Balaban J connectivity index is 1.64. The maximum Gasteiger partial charge on any atom is 0.266 e. The molecule has 2 aromatic carbocycles. The Kier molecular flexibility index (Phi) is 8.74. The summed E-state index contributed by atoms with van der Waals surface area (Å²) >= 11 is 6.83. The van der Waals surface area contributed by atoms with Gasteiger partial charge < -0.3 is 9.47 Å². The van der Waals surface area contributed by atoms with E-state index in [0.717, 1.165) is 41.1 Å². The number of hydrogen-bond donors (Lipinski definition) is 0. The Bertz CT molecular complexity index is 1190. The molecule has 35 heavy (non-hydrogen) atoms. The van der Waals surface area contributed by atoms with Gasteiger partial charge in [-0.1, -0.05) is 49.1 Å². The third-order valence-electron chi connectivity index (χ3n) is 5.40. The molecule has 3 aromatic rings. The molecule has 2 heterocycles. The molecule has 0 unspecified atom stereocenters. The minimum atomic E-state index is -0.0711. The van der Waals surface area contributed by atoms with E-state index < -0.39 is 0 Å². The van der Waals surface area contributed by atoms with Gasteiger partial charge in [0.15, 0.2) is 0 Å². The van der Waals surface area contributed by atoms with Crippen LogP contribution in [0.1, 0.15) is 32.3 Å². The van der Waals surface area contributed by atoms with E-state index in [9.17, 15) is 4.79 Å². The van der Waals surface area contributed by atoms with Crippen LogP contribution in [0.3, 0.4) is 0 Å². The Morgan fingerprint density at radius 1 is 1.06 bits per heavy atom. The number of thiocarbonyl (C=S) groups is 1. The van der Waals surface area contributed by atoms with E-state index in [2.05, 4.69) is 6.92 Å². The van der Waals surface area contributed by atoms with Crippen molar-refractivity contribution in [2.75, 3.05) is 26.4 Å². The van der Waals surface area contributed by atoms with Gasteiger partial charge in [0.1, 0.15) is 10.1 Å². The van der Waals surface area contributed by atoms with Crippen LogP contribution in [0.5, 0.6) is 5.75 Å². The summed E-state index contributed by atoms with van der Waals surface area (Å²) < 4.78 is 13.5. The first-order valence-electron chi connectivity index (χ1n) is 11.8. The first-order valence-corrected chi connectivity index (χ1v) is 13.0. The summed E-state index contributed by atoms with van der Waals surface area (Å²) in [5.74, 6) is 0.755. The van der Waals surface area contributed by atoms with E-state index >= 15 is 0 Å². The van der Waals surface area contributed by atoms with Crippen LogP contribution < -0.4 is 4.74 Å². The number of thioether (sulfide) groups is 1. The highest BCUT2D eigenvalue weighted by molar-refractivity contribution is 8.26. The molecule has 0 spiro atoms. The zero-order chi connectivity index (χ0) is 24.6. The van der Waals surface area contributed by atoms with Gasteiger partial charge in [0.25, 0.3) is 5.91 Å². The Hall–Kier alpha value is -2.94. The number of rotatable bonds is 11. The van der Waals surface area contributed by atoms with E-state index in [4.69, 9.17) is 26.8 Å². The second kappa shape index (κ2) is 12.2. The van der Waals surface area contributed by atoms with Crippen LogP contribution in [0.2, 0.25) is 0 Å². The molecule has 0 N–H and O–H groups in total. The molecule has 6 nitrogen and oxygen atoms in total. The van der Waals surface area contributed by atoms with Crippen molar-refractivity contribution in [1.82, 2.24) is 14.7 Å². The van der Waals surface area contributed by atoms with Crippen molar-refractivity contribution in [3.63, 3.8) is 0 Å². The van der Waals surface area contributed by atoms with Gasteiger partial charge in [-0.2, -0.15) is 5.10 Å². The van der Waals surface area contributed by atoms with Crippen LogP contribution in [-0.4, -0.2) is 51.3 Å². The zero-order valence-electron chi connectivity index (χ0n) is 20.0. The molecule has 0 bridgehead atoms. The summed E-state index contributed by atoms with van der Waals surface area (Å²) in [6.45, 7) is 6.55. The van der Waals surface area contributed by atoms with Gasteiger partial charge in [-0.3, -0.25) is 9.69 Å². The summed E-state index contributed by atoms with van der Waals surface area (Å²) in [5.41, 5.74) is 3.53. The quantitative estimate of drug-likeness (QED) is 0.181. The van der Waals surface area contributed by atoms with E-state index in [1.807, 2.05) is 78.5 Å². The maximum atomic E-state index is 13.1. The zero-order valence-corrected chi connectivity index (χ0v) is 21.6. The molecule has 1 aromatic heterocycles. The normalized spacial score (nSPS) is 14.8. The fourth-order valence-electron chi connectivity index (χ4n) is 3.66. The molecule has 0 aliphatic carbocycles. The third kappa shape index (κ3) is 6.20. The lowest BCUT2D eigenvalue weighted by Gasteiger charge is -2.13. The molecule has 4 rings (SSSR count). The summed E-state index contributed by atoms with van der Waals surface area (Å²) in [5, 5.41) is 4.87.